The lowest BCUT2D eigenvalue weighted by molar-refractivity contribution is 1.04. The number of benzene rings is 1. The van der Waals surface area contributed by atoms with Crippen LogP contribution in [-0.4, -0.2) is 15.0 Å². The van der Waals surface area contributed by atoms with Crippen molar-refractivity contribution in [3.63, 3.8) is 0 Å². The number of aromatic amines is 1. The predicted octanol–water partition coefficient (Wildman–Crippen LogP) is 6.74. The molecule has 26 heavy (non-hydrogen) atoms. The molecule has 0 aliphatic carbocycles. The average molecular weight is 400 g/mol. The Morgan fingerprint density at radius 3 is 2.62 bits per heavy atom. The molecule has 0 aliphatic rings. The number of rotatable bonds is 4. The van der Waals surface area contributed by atoms with Gasteiger partial charge >= 0.3 is 0 Å². The number of pyridine rings is 1. The van der Waals surface area contributed by atoms with Crippen LogP contribution in [0.2, 0.25) is 10.0 Å². The van der Waals surface area contributed by atoms with Crippen molar-refractivity contribution in [3.8, 4) is 32.3 Å². The zero-order valence-corrected chi connectivity index (χ0v) is 16.3. The molecule has 0 bridgehead atoms. The van der Waals surface area contributed by atoms with Gasteiger partial charge in [-0.2, -0.15) is 0 Å². The Balaban J connectivity index is 1.91. The van der Waals surface area contributed by atoms with Crippen LogP contribution in [0.1, 0.15) is 12.6 Å². The van der Waals surface area contributed by atoms with Gasteiger partial charge in [-0.25, -0.2) is 4.98 Å². The van der Waals surface area contributed by atoms with E-state index in [0.29, 0.717) is 10.0 Å². The van der Waals surface area contributed by atoms with E-state index in [1.165, 1.54) is 0 Å². The summed E-state index contributed by atoms with van der Waals surface area (Å²) in [4.78, 5) is 14.2. The highest BCUT2D eigenvalue weighted by atomic mass is 35.5. The number of nitrogens with zero attached hydrogens (tertiary/aromatic N) is 2. The first kappa shape index (κ1) is 17.3. The molecule has 130 valence electrons. The van der Waals surface area contributed by atoms with E-state index in [4.69, 9.17) is 23.2 Å². The van der Waals surface area contributed by atoms with Crippen molar-refractivity contribution in [1.29, 1.82) is 0 Å². The molecule has 0 saturated heterocycles. The van der Waals surface area contributed by atoms with Gasteiger partial charge in [0.1, 0.15) is 5.82 Å². The van der Waals surface area contributed by atoms with Crippen LogP contribution in [0.5, 0.6) is 0 Å². The van der Waals surface area contributed by atoms with Crippen LogP contribution in [0, 0.1) is 0 Å². The fourth-order valence-electron chi connectivity index (χ4n) is 2.83. The minimum Gasteiger partial charge on any atom is -0.344 e. The van der Waals surface area contributed by atoms with E-state index >= 15 is 0 Å². The fraction of sp³-hybridized carbons (Fsp3) is 0.100. The van der Waals surface area contributed by atoms with Crippen LogP contribution in [0.4, 0.5) is 0 Å². The Morgan fingerprint density at radius 1 is 1.00 bits per heavy atom. The second-order valence-electron chi connectivity index (χ2n) is 5.80. The Morgan fingerprint density at radius 2 is 1.88 bits per heavy atom. The summed E-state index contributed by atoms with van der Waals surface area (Å²) in [6.45, 7) is 2.10. The highest BCUT2D eigenvalue weighted by Crippen LogP contribution is 2.44. The molecular weight excluding hydrogens is 385 g/mol. The Labute approximate surface area is 165 Å². The molecule has 0 aliphatic heterocycles. The number of aryl methyl sites for hydroxylation is 1. The summed E-state index contributed by atoms with van der Waals surface area (Å²) in [6, 6.07) is 11.9. The van der Waals surface area contributed by atoms with E-state index in [1.54, 1.807) is 23.6 Å². The number of halogens is 2. The Hall–Kier alpha value is -2.14. The van der Waals surface area contributed by atoms with Crippen molar-refractivity contribution < 1.29 is 0 Å². The maximum atomic E-state index is 6.48. The topological polar surface area (TPSA) is 41.6 Å². The highest BCUT2D eigenvalue weighted by Gasteiger charge is 2.18. The molecule has 1 aromatic carbocycles. The summed E-state index contributed by atoms with van der Waals surface area (Å²) in [6.07, 6.45) is 6.34. The van der Waals surface area contributed by atoms with Gasteiger partial charge in [0.2, 0.25) is 0 Å². The molecule has 0 fully saturated rings. The molecule has 1 N–H and O–H groups in total. The number of hydrogen-bond acceptors (Lipinski definition) is 3. The summed E-state index contributed by atoms with van der Waals surface area (Å²) in [5.74, 6) is 0.826. The molecule has 0 atom stereocenters. The van der Waals surface area contributed by atoms with Crippen molar-refractivity contribution >= 4 is 34.5 Å². The van der Waals surface area contributed by atoms with Gasteiger partial charge < -0.3 is 4.98 Å². The van der Waals surface area contributed by atoms with Crippen molar-refractivity contribution in [2.24, 2.45) is 0 Å². The zero-order valence-electron chi connectivity index (χ0n) is 14.0. The van der Waals surface area contributed by atoms with Crippen molar-refractivity contribution in [2.45, 2.75) is 13.3 Å². The van der Waals surface area contributed by atoms with E-state index in [0.717, 1.165) is 44.4 Å². The van der Waals surface area contributed by atoms with E-state index < -0.39 is 0 Å². The van der Waals surface area contributed by atoms with Crippen LogP contribution >= 0.6 is 34.5 Å². The lowest BCUT2D eigenvalue weighted by Crippen LogP contribution is -1.85. The molecule has 0 spiro atoms. The van der Waals surface area contributed by atoms with Crippen LogP contribution in [0.3, 0.4) is 0 Å². The molecule has 3 heterocycles. The average Bonchev–Trinajstić information content (AvgIpc) is 3.31. The maximum Gasteiger partial charge on any atom is 0.148 e. The fourth-order valence-corrected chi connectivity index (χ4v) is 4.47. The van der Waals surface area contributed by atoms with Crippen LogP contribution < -0.4 is 0 Å². The third-order valence-electron chi connectivity index (χ3n) is 4.13. The Kier molecular flexibility index (Phi) is 4.81. The van der Waals surface area contributed by atoms with Crippen molar-refractivity contribution in [2.75, 3.05) is 0 Å². The van der Waals surface area contributed by atoms with Gasteiger partial charge in [-0.05, 0) is 42.3 Å². The quantitative estimate of drug-likeness (QED) is 0.412. The van der Waals surface area contributed by atoms with E-state index in [9.17, 15) is 0 Å². The SMILES string of the molecule is CCc1cc(-c2cc(-c3ccc(Cl)cc3Cl)c(-c3ncc[nH]3)s2)ccn1. The first-order chi connectivity index (χ1) is 12.7. The standard InChI is InChI=1S/C20H15Cl2N3S/c1-2-14-9-12(5-6-23-14)18-11-16(15-4-3-13(21)10-17(15)22)19(26-18)20-24-7-8-25-20/h3-11H,2H2,1H3,(H,24,25). The van der Waals surface area contributed by atoms with Gasteiger partial charge in [-0.3, -0.25) is 4.98 Å². The van der Waals surface area contributed by atoms with Gasteiger partial charge in [0.05, 0.1) is 4.88 Å². The second-order valence-corrected chi connectivity index (χ2v) is 7.70. The lowest BCUT2D eigenvalue weighted by atomic mass is 10.0. The van der Waals surface area contributed by atoms with E-state index in [-0.39, 0.29) is 0 Å². The number of aromatic nitrogens is 3. The monoisotopic (exact) mass is 399 g/mol. The molecule has 0 saturated carbocycles. The highest BCUT2D eigenvalue weighted by molar-refractivity contribution is 7.19. The number of nitrogens with one attached hydrogen (secondary N) is 1. The largest absolute Gasteiger partial charge is 0.344 e. The molecule has 4 rings (SSSR count). The molecule has 0 radical (unpaired) electrons. The summed E-state index contributed by atoms with van der Waals surface area (Å²) >= 11 is 14.2. The van der Waals surface area contributed by atoms with Gasteiger partial charge in [-0.15, -0.1) is 11.3 Å². The number of thiophene rings is 1. The minimum absolute atomic E-state index is 0.621. The normalized spacial score (nSPS) is 11.0. The second kappa shape index (κ2) is 7.23. The summed E-state index contributed by atoms with van der Waals surface area (Å²) in [5.41, 5.74) is 4.19. The van der Waals surface area contributed by atoms with Gasteiger partial charge in [0.25, 0.3) is 0 Å². The molecule has 0 unspecified atom stereocenters. The first-order valence-corrected chi connectivity index (χ1v) is 9.77. The minimum atomic E-state index is 0.621. The van der Waals surface area contributed by atoms with Crippen LogP contribution in [0.15, 0.2) is 55.0 Å². The molecular formula is C20H15Cl2N3S. The number of hydrogen-bond donors (Lipinski definition) is 1. The van der Waals surface area contributed by atoms with Crippen molar-refractivity contribution in [1.82, 2.24) is 15.0 Å². The summed E-state index contributed by atoms with van der Waals surface area (Å²) in [7, 11) is 0. The molecule has 3 aromatic heterocycles. The smallest absolute Gasteiger partial charge is 0.148 e. The van der Waals surface area contributed by atoms with Gasteiger partial charge in [0, 0.05) is 50.3 Å². The van der Waals surface area contributed by atoms with Crippen LogP contribution in [0.25, 0.3) is 32.3 Å². The predicted molar refractivity (Wildman–Crippen MR) is 110 cm³/mol. The third kappa shape index (κ3) is 3.28. The van der Waals surface area contributed by atoms with E-state index in [2.05, 4.69) is 34.0 Å². The summed E-state index contributed by atoms with van der Waals surface area (Å²) < 4.78 is 0. The summed E-state index contributed by atoms with van der Waals surface area (Å²) in [5, 5.41) is 1.24. The van der Waals surface area contributed by atoms with Crippen molar-refractivity contribution in [3.05, 3.63) is 70.7 Å². The first-order valence-electron chi connectivity index (χ1n) is 8.20. The maximum absolute atomic E-state index is 6.48. The number of H-pyrrole nitrogens is 1. The van der Waals surface area contributed by atoms with Crippen LogP contribution in [-0.2, 0) is 6.42 Å². The number of imidazole rings is 1. The molecule has 6 heteroatoms. The molecule has 4 aromatic rings. The zero-order chi connectivity index (χ0) is 18.1. The van der Waals surface area contributed by atoms with Gasteiger partial charge in [0.15, 0.2) is 0 Å². The van der Waals surface area contributed by atoms with E-state index in [1.807, 2.05) is 30.6 Å². The molecule has 0 amide bonds. The lowest BCUT2D eigenvalue weighted by Gasteiger charge is -2.05. The molecule has 3 nitrogen and oxygen atoms in total. The third-order valence-corrected chi connectivity index (χ3v) is 5.87. The Bertz CT molecular complexity index is 1050. The van der Waals surface area contributed by atoms with Gasteiger partial charge in [-0.1, -0.05) is 36.2 Å².